The van der Waals surface area contributed by atoms with E-state index in [0.717, 1.165) is 11.2 Å². The highest BCUT2D eigenvalue weighted by Gasteiger charge is 2.47. The summed E-state index contributed by atoms with van der Waals surface area (Å²) >= 11 is 0. The lowest BCUT2D eigenvalue weighted by Crippen LogP contribution is -2.30. The van der Waals surface area contributed by atoms with Crippen molar-refractivity contribution in [3.05, 3.63) is 89.6 Å². The van der Waals surface area contributed by atoms with E-state index >= 15 is 0 Å². The molecule has 2 heteroatoms. The maximum Gasteiger partial charge on any atom is 0.216 e. The molecule has 0 aliphatic heterocycles. The molecule has 0 atom stereocenters. The minimum atomic E-state index is 0.103. The van der Waals surface area contributed by atoms with Crippen LogP contribution in [0.3, 0.4) is 0 Å². The fourth-order valence-corrected chi connectivity index (χ4v) is 6.57. The van der Waals surface area contributed by atoms with Crippen molar-refractivity contribution in [2.24, 2.45) is 7.05 Å². The monoisotopic (exact) mass is 416 g/mol. The summed E-state index contributed by atoms with van der Waals surface area (Å²) in [6.45, 7) is 2.19. The van der Waals surface area contributed by atoms with E-state index in [1.807, 2.05) is 0 Å². The van der Waals surface area contributed by atoms with E-state index in [4.69, 9.17) is 4.42 Å². The second kappa shape index (κ2) is 6.32. The minimum Gasteiger partial charge on any atom is -0.455 e. The van der Waals surface area contributed by atoms with E-state index in [1.54, 1.807) is 0 Å². The molecule has 0 amide bonds. The van der Waals surface area contributed by atoms with E-state index in [0.29, 0.717) is 0 Å². The molecule has 0 N–H and O–H groups in total. The van der Waals surface area contributed by atoms with Gasteiger partial charge in [0, 0.05) is 33.9 Å². The minimum absolute atomic E-state index is 0.103. The molecule has 2 heterocycles. The molecule has 7 rings (SSSR count). The van der Waals surface area contributed by atoms with Gasteiger partial charge in [0.15, 0.2) is 6.20 Å². The van der Waals surface area contributed by atoms with E-state index in [9.17, 15) is 0 Å². The van der Waals surface area contributed by atoms with Crippen LogP contribution in [0, 0.1) is 6.92 Å². The van der Waals surface area contributed by atoms with Crippen LogP contribution in [0.25, 0.3) is 44.3 Å². The fourth-order valence-electron chi connectivity index (χ4n) is 6.57. The molecule has 0 saturated heterocycles. The van der Waals surface area contributed by atoms with Crippen molar-refractivity contribution in [2.45, 2.75) is 38.0 Å². The van der Waals surface area contributed by atoms with Gasteiger partial charge < -0.3 is 4.42 Å². The Balaban J connectivity index is 1.62. The fraction of sp³-hybridized carbons (Fsp3) is 0.233. The molecule has 2 aliphatic rings. The molecule has 1 fully saturated rings. The molecule has 2 aliphatic carbocycles. The third kappa shape index (κ3) is 2.17. The van der Waals surface area contributed by atoms with Gasteiger partial charge in [0.05, 0.1) is 5.56 Å². The molecule has 0 unspecified atom stereocenters. The lowest BCUT2D eigenvalue weighted by Gasteiger charge is -2.26. The van der Waals surface area contributed by atoms with Crippen LogP contribution in [0.4, 0.5) is 0 Å². The SMILES string of the molecule is Cc1ccc2c(oc3c4c(ccc32)-c2ccccc2C42CCCC2)c1-c1cccc[n+]1C. The Labute approximate surface area is 188 Å². The zero-order chi connectivity index (χ0) is 21.4. The van der Waals surface area contributed by atoms with Gasteiger partial charge in [-0.15, -0.1) is 0 Å². The third-order valence-electron chi connectivity index (χ3n) is 8.00. The lowest BCUT2D eigenvalue weighted by molar-refractivity contribution is -0.660. The number of benzene rings is 3. The highest BCUT2D eigenvalue weighted by Crippen LogP contribution is 2.59. The Hall–Kier alpha value is -3.39. The molecular formula is C30H26NO+. The van der Waals surface area contributed by atoms with Gasteiger partial charge in [-0.25, -0.2) is 4.57 Å². The smallest absolute Gasteiger partial charge is 0.216 e. The van der Waals surface area contributed by atoms with Gasteiger partial charge >= 0.3 is 0 Å². The number of furan rings is 1. The maximum absolute atomic E-state index is 6.92. The number of hydrogen-bond acceptors (Lipinski definition) is 1. The Morgan fingerprint density at radius 1 is 0.781 bits per heavy atom. The molecule has 0 bridgehead atoms. The van der Waals surface area contributed by atoms with Crippen LogP contribution in [0.5, 0.6) is 0 Å². The standard InChI is InChI=1S/C30H26NO/c1-19-12-13-22-23-15-14-21-20-9-3-4-10-24(20)30(16-6-7-17-30)27(21)29(23)32-28(22)26(19)25-11-5-8-18-31(25)2/h3-5,8-15,18H,6-7,16-17H2,1-2H3/q+1. The summed E-state index contributed by atoms with van der Waals surface area (Å²) in [7, 11) is 2.11. The molecular weight excluding hydrogens is 390 g/mol. The molecule has 2 aromatic heterocycles. The molecule has 1 spiro atoms. The van der Waals surface area contributed by atoms with Crippen LogP contribution in [0.1, 0.15) is 42.4 Å². The van der Waals surface area contributed by atoms with Crippen LogP contribution in [0.2, 0.25) is 0 Å². The predicted molar refractivity (Wildman–Crippen MR) is 130 cm³/mol. The number of pyridine rings is 1. The van der Waals surface area contributed by atoms with E-state index in [-0.39, 0.29) is 5.41 Å². The van der Waals surface area contributed by atoms with Crippen molar-refractivity contribution in [2.75, 3.05) is 0 Å². The van der Waals surface area contributed by atoms with Crippen LogP contribution in [-0.4, -0.2) is 0 Å². The predicted octanol–water partition coefficient (Wildman–Crippen LogP) is 7.23. The summed E-state index contributed by atoms with van der Waals surface area (Å²) in [5.41, 5.74) is 11.6. The zero-order valence-electron chi connectivity index (χ0n) is 18.6. The first-order chi connectivity index (χ1) is 15.7. The van der Waals surface area contributed by atoms with Gasteiger partial charge in [0.25, 0.3) is 0 Å². The molecule has 32 heavy (non-hydrogen) atoms. The average molecular weight is 417 g/mol. The van der Waals surface area contributed by atoms with Crippen LogP contribution in [0.15, 0.2) is 77.3 Å². The van der Waals surface area contributed by atoms with Gasteiger partial charge in [-0.1, -0.05) is 55.3 Å². The summed E-state index contributed by atoms with van der Waals surface area (Å²) in [6, 6.07) is 24.5. The number of hydrogen-bond donors (Lipinski definition) is 0. The van der Waals surface area contributed by atoms with Gasteiger partial charge in [-0.05, 0) is 54.2 Å². The van der Waals surface area contributed by atoms with Crippen molar-refractivity contribution in [3.8, 4) is 22.4 Å². The highest BCUT2D eigenvalue weighted by molar-refractivity contribution is 6.12. The Bertz CT molecular complexity index is 1550. The van der Waals surface area contributed by atoms with Crippen molar-refractivity contribution >= 4 is 21.9 Å². The Kier molecular flexibility index (Phi) is 3.60. The number of aryl methyl sites for hydroxylation is 2. The van der Waals surface area contributed by atoms with Crippen molar-refractivity contribution in [1.29, 1.82) is 0 Å². The molecule has 0 radical (unpaired) electrons. The molecule has 2 nitrogen and oxygen atoms in total. The molecule has 3 aromatic carbocycles. The number of rotatable bonds is 1. The van der Waals surface area contributed by atoms with Crippen LogP contribution in [-0.2, 0) is 12.5 Å². The van der Waals surface area contributed by atoms with Crippen molar-refractivity contribution in [1.82, 2.24) is 0 Å². The summed E-state index contributed by atoms with van der Waals surface area (Å²) < 4.78 is 9.11. The van der Waals surface area contributed by atoms with E-state index in [2.05, 4.69) is 91.5 Å². The quantitative estimate of drug-likeness (QED) is 0.264. The highest BCUT2D eigenvalue weighted by atomic mass is 16.3. The largest absolute Gasteiger partial charge is 0.455 e. The summed E-state index contributed by atoms with van der Waals surface area (Å²) in [5, 5.41) is 2.47. The van der Waals surface area contributed by atoms with Crippen LogP contribution < -0.4 is 4.57 Å². The molecule has 5 aromatic rings. The first kappa shape index (κ1) is 18.2. The van der Waals surface area contributed by atoms with E-state index in [1.165, 1.54) is 75.5 Å². The number of aromatic nitrogens is 1. The zero-order valence-corrected chi connectivity index (χ0v) is 18.6. The topological polar surface area (TPSA) is 17.0 Å². The van der Waals surface area contributed by atoms with Gasteiger partial charge in [0.2, 0.25) is 5.69 Å². The Morgan fingerprint density at radius 3 is 2.38 bits per heavy atom. The van der Waals surface area contributed by atoms with E-state index < -0.39 is 0 Å². The number of nitrogens with zero attached hydrogens (tertiary/aromatic N) is 1. The Morgan fingerprint density at radius 2 is 1.53 bits per heavy atom. The maximum atomic E-state index is 6.92. The van der Waals surface area contributed by atoms with Gasteiger partial charge in [-0.3, -0.25) is 0 Å². The lowest BCUT2D eigenvalue weighted by atomic mass is 9.76. The number of fused-ring (bicyclic) bond motifs is 9. The summed E-state index contributed by atoms with van der Waals surface area (Å²) in [5.74, 6) is 0. The van der Waals surface area contributed by atoms with Gasteiger partial charge in [-0.2, -0.15) is 0 Å². The average Bonchev–Trinajstić information content (AvgIpc) is 3.51. The molecule has 1 saturated carbocycles. The molecule has 156 valence electrons. The first-order valence-corrected chi connectivity index (χ1v) is 11.7. The van der Waals surface area contributed by atoms with Crippen molar-refractivity contribution in [3.63, 3.8) is 0 Å². The summed E-state index contributed by atoms with van der Waals surface area (Å²) in [4.78, 5) is 0. The normalized spacial score (nSPS) is 16.2. The summed E-state index contributed by atoms with van der Waals surface area (Å²) in [6.07, 6.45) is 7.11. The first-order valence-electron chi connectivity index (χ1n) is 11.7. The van der Waals surface area contributed by atoms with Crippen molar-refractivity contribution < 1.29 is 8.98 Å². The third-order valence-corrected chi connectivity index (χ3v) is 8.00. The second-order valence-electron chi connectivity index (χ2n) is 9.63. The second-order valence-corrected chi connectivity index (χ2v) is 9.63. The van der Waals surface area contributed by atoms with Gasteiger partial charge in [0.1, 0.15) is 18.2 Å². The van der Waals surface area contributed by atoms with Crippen LogP contribution >= 0.6 is 0 Å².